The van der Waals surface area contributed by atoms with E-state index < -0.39 is 0 Å². The lowest BCUT2D eigenvalue weighted by Crippen LogP contribution is -1.85. The molecule has 0 aliphatic rings. The summed E-state index contributed by atoms with van der Waals surface area (Å²) in [7, 11) is 0. The zero-order valence-corrected chi connectivity index (χ0v) is 11.7. The molecule has 0 atom stereocenters. The molecule has 0 amide bonds. The fourth-order valence-electron chi connectivity index (χ4n) is 1.94. The fraction of sp³-hybridized carbons (Fsp3) is 0.0714. The summed E-state index contributed by atoms with van der Waals surface area (Å²) in [6.07, 6.45) is 0. The van der Waals surface area contributed by atoms with Gasteiger partial charge >= 0.3 is 0 Å². The van der Waals surface area contributed by atoms with Gasteiger partial charge in [-0.1, -0.05) is 27.6 Å². The number of hydrogen-bond donors (Lipinski definition) is 1. The molecule has 3 rings (SSSR count). The molecule has 1 aromatic heterocycles. The average molecular weight is 321 g/mol. The number of nitrogens with zero attached hydrogens (tertiary/aromatic N) is 1. The second-order valence-corrected chi connectivity index (χ2v) is 5.26. The van der Waals surface area contributed by atoms with E-state index >= 15 is 0 Å². The Balaban J connectivity index is 2.26. The first-order valence-electron chi connectivity index (χ1n) is 5.66. The molecule has 0 bridgehead atoms. The van der Waals surface area contributed by atoms with Crippen LogP contribution in [0, 0.1) is 12.7 Å². The van der Waals surface area contributed by atoms with E-state index in [0.29, 0.717) is 22.4 Å². The lowest BCUT2D eigenvalue weighted by molar-refractivity contribution is 0.594. The van der Waals surface area contributed by atoms with E-state index in [2.05, 4.69) is 20.9 Å². The van der Waals surface area contributed by atoms with E-state index in [9.17, 15) is 4.39 Å². The molecule has 19 heavy (non-hydrogen) atoms. The second-order valence-electron chi connectivity index (χ2n) is 4.35. The van der Waals surface area contributed by atoms with Crippen LogP contribution in [-0.2, 0) is 0 Å². The second kappa shape index (κ2) is 4.35. The van der Waals surface area contributed by atoms with Gasteiger partial charge < -0.3 is 10.2 Å². The number of rotatable bonds is 1. The molecule has 2 aromatic carbocycles. The SMILES string of the molecule is Cc1ccc(F)c(-c2nc3cc(Br)cc(N)c3o2)c1. The standard InChI is InChI=1S/C14H10BrFN2O/c1-7-2-3-10(16)9(4-7)14-18-12-6-8(15)5-11(17)13(12)19-14/h2-6H,17H2,1H3. The molecule has 0 aliphatic carbocycles. The van der Waals surface area contributed by atoms with Crippen molar-refractivity contribution in [2.75, 3.05) is 5.73 Å². The largest absolute Gasteiger partial charge is 0.434 e. The van der Waals surface area contributed by atoms with Crippen LogP contribution in [0.1, 0.15) is 5.56 Å². The number of aryl methyl sites for hydroxylation is 1. The van der Waals surface area contributed by atoms with Crippen LogP contribution in [0.5, 0.6) is 0 Å². The number of anilines is 1. The lowest BCUT2D eigenvalue weighted by atomic mass is 10.1. The van der Waals surface area contributed by atoms with Crippen LogP contribution >= 0.6 is 15.9 Å². The molecule has 5 heteroatoms. The van der Waals surface area contributed by atoms with Gasteiger partial charge in [-0.05, 0) is 31.2 Å². The highest BCUT2D eigenvalue weighted by atomic mass is 79.9. The highest BCUT2D eigenvalue weighted by molar-refractivity contribution is 9.10. The van der Waals surface area contributed by atoms with Gasteiger partial charge in [0.1, 0.15) is 11.3 Å². The van der Waals surface area contributed by atoms with Crippen LogP contribution in [0.3, 0.4) is 0 Å². The van der Waals surface area contributed by atoms with Crippen molar-refractivity contribution in [2.45, 2.75) is 6.92 Å². The van der Waals surface area contributed by atoms with Crippen molar-refractivity contribution in [1.29, 1.82) is 0 Å². The number of hydrogen-bond acceptors (Lipinski definition) is 3. The maximum Gasteiger partial charge on any atom is 0.230 e. The van der Waals surface area contributed by atoms with Gasteiger partial charge in [0.25, 0.3) is 0 Å². The summed E-state index contributed by atoms with van der Waals surface area (Å²) < 4.78 is 20.2. The van der Waals surface area contributed by atoms with Crippen molar-refractivity contribution in [1.82, 2.24) is 4.98 Å². The van der Waals surface area contributed by atoms with Crippen molar-refractivity contribution in [3.8, 4) is 11.5 Å². The first kappa shape index (κ1) is 12.2. The third-order valence-corrected chi connectivity index (χ3v) is 3.29. The van der Waals surface area contributed by atoms with Crippen LogP contribution < -0.4 is 5.73 Å². The summed E-state index contributed by atoms with van der Waals surface area (Å²) in [5.74, 6) is -0.129. The third kappa shape index (κ3) is 2.10. The first-order chi connectivity index (χ1) is 9.04. The molecule has 0 fully saturated rings. The maximum atomic E-state index is 13.8. The average Bonchev–Trinajstić information content (AvgIpc) is 2.76. The van der Waals surface area contributed by atoms with Gasteiger partial charge in [-0.25, -0.2) is 9.37 Å². The van der Waals surface area contributed by atoms with Gasteiger partial charge in [0.15, 0.2) is 5.58 Å². The third-order valence-electron chi connectivity index (χ3n) is 2.84. The molecule has 0 saturated heterocycles. The Kier molecular flexibility index (Phi) is 2.78. The Morgan fingerprint density at radius 1 is 1.26 bits per heavy atom. The van der Waals surface area contributed by atoms with Gasteiger partial charge in [0, 0.05) is 4.47 Å². The fourth-order valence-corrected chi connectivity index (χ4v) is 2.40. The number of benzene rings is 2. The van der Waals surface area contributed by atoms with Crippen LogP contribution in [0.15, 0.2) is 39.2 Å². The Morgan fingerprint density at radius 2 is 2.05 bits per heavy atom. The molecule has 0 spiro atoms. The highest BCUT2D eigenvalue weighted by Crippen LogP contribution is 2.31. The Hall–Kier alpha value is -1.88. The zero-order chi connectivity index (χ0) is 13.6. The van der Waals surface area contributed by atoms with Crippen molar-refractivity contribution in [3.63, 3.8) is 0 Å². The molecule has 0 unspecified atom stereocenters. The smallest absolute Gasteiger partial charge is 0.230 e. The van der Waals surface area contributed by atoms with Gasteiger partial charge in [-0.2, -0.15) is 0 Å². The minimum atomic E-state index is -0.366. The van der Waals surface area contributed by atoms with Gasteiger partial charge in [0.2, 0.25) is 5.89 Å². The van der Waals surface area contributed by atoms with Crippen LogP contribution in [0.4, 0.5) is 10.1 Å². The van der Waals surface area contributed by atoms with E-state index in [4.69, 9.17) is 10.2 Å². The number of aromatic nitrogens is 1. The predicted molar refractivity (Wildman–Crippen MR) is 76.3 cm³/mol. The summed E-state index contributed by atoms with van der Waals surface area (Å²) in [5.41, 5.74) is 8.68. The molecule has 0 saturated carbocycles. The Bertz CT molecular complexity index is 782. The predicted octanol–water partition coefficient (Wildman–Crippen LogP) is 4.29. The quantitative estimate of drug-likeness (QED) is 0.680. The summed E-state index contributed by atoms with van der Waals surface area (Å²) in [5, 5.41) is 0. The summed E-state index contributed by atoms with van der Waals surface area (Å²) in [6.45, 7) is 1.89. The number of nitrogens with two attached hydrogens (primary N) is 1. The van der Waals surface area contributed by atoms with E-state index in [1.165, 1.54) is 6.07 Å². The van der Waals surface area contributed by atoms with E-state index in [-0.39, 0.29) is 11.7 Å². The van der Waals surface area contributed by atoms with E-state index in [0.717, 1.165) is 10.0 Å². The molecular formula is C14H10BrFN2O. The van der Waals surface area contributed by atoms with Crippen molar-refractivity contribution < 1.29 is 8.81 Å². The molecular weight excluding hydrogens is 311 g/mol. The minimum Gasteiger partial charge on any atom is -0.434 e. The first-order valence-corrected chi connectivity index (χ1v) is 6.46. The normalized spacial score (nSPS) is 11.1. The molecule has 3 nitrogen and oxygen atoms in total. The van der Waals surface area contributed by atoms with Gasteiger partial charge in [-0.15, -0.1) is 0 Å². The number of nitrogen functional groups attached to an aromatic ring is 1. The topological polar surface area (TPSA) is 52.0 Å². The molecule has 0 radical (unpaired) electrons. The van der Waals surface area contributed by atoms with Crippen LogP contribution in [0.25, 0.3) is 22.6 Å². The van der Waals surface area contributed by atoms with E-state index in [1.807, 2.05) is 6.92 Å². The summed E-state index contributed by atoms with van der Waals surface area (Å²) >= 11 is 3.34. The maximum absolute atomic E-state index is 13.8. The minimum absolute atomic E-state index is 0.237. The zero-order valence-electron chi connectivity index (χ0n) is 10.1. The Morgan fingerprint density at radius 3 is 2.84 bits per heavy atom. The van der Waals surface area contributed by atoms with Crippen LogP contribution in [-0.4, -0.2) is 4.98 Å². The lowest BCUT2D eigenvalue weighted by Gasteiger charge is -1.99. The molecule has 0 aliphatic heterocycles. The molecule has 3 aromatic rings. The molecule has 1 heterocycles. The molecule has 2 N–H and O–H groups in total. The van der Waals surface area contributed by atoms with Crippen molar-refractivity contribution in [3.05, 3.63) is 46.2 Å². The summed E-state index contributed by atoms with van der Waals surface area (Å²) in [6, 6.07) is 8.31. The number of fused-ring (bicyclic) bond motifs is 1. The van der Waals surface area contributed by atoms with Gasteiger partial charge in [-0.3, -0.25) is 0 Å². The number of oxazole rings is 1. The highest BCUT2D eigenvalue weighted by Gasteiger charge is 2.14. The van der Waals surface area contributed by atoms with Crippen LogP contribution in [0.2, 0.25) is 0 Å². The van der Waals surface area contributed by atoms with Crippen molar-refractivity contribution in [2.24, 2.45) is 0 Å². The van der Waals surface area contributed by atoms with E-state index in [1.54, 1.807) is 24.3 Å². The number of halogens is 2. The summed E-state index contributed by atoms with van der Waals surface area (Å²) in [4.78, 5) is 4.29. The Labute approximate surface area is 117 Å². The van der Waals surface area contributed by atoms with Crippen molar-refractivity contribution >= 4 is 32.7 Å². The van der Waals surface area contributed by atoms with Gasteiger partial charge in [0.05, 0.1) is 11.3 Å². The monoisotopic (exact) mass is 320 g/mol. The molecule has 96 valence electrons.